The van der Waals surface area contributed by atoms with Crippen LogP contribution in [0.3, 0.4) is 0 Å². The van der Waals surface area contributed by atoms with Crippen LogP contribution in [0.1, 0.15) is 25.9 Å². The van der Waals surface area contributed by atoms with E-state index >= 15 is 0 Å². The molecule has 1 fully saturated rings. The first kappa shape index (κ1) is 15.9. The maximum atomic E-state index is 12.4. The molecular weight excluding hydrogens is 312 g/mol. The van der Waals surface area contributed by atoms with Gasteiger partial charge in [-0.1, -0.05) is 0 Å². The van der Waals surface area contributed by atoms with Crippen molar-refractivity contribution in [3.63, 3.8) is 0 Å². The molecule has 1 aliphatic rings. The summed E-state index contributed by atoms with van der Waals surface area (Å²) in [5.74, 6) is -0.0261. The van der Waals surface area contributed by atoms with E-state index in [-0.39, 0.29) is 11.5 Å². The molecule has 1 amide bonds. The van der Waals surface area contributed by atoms with Crippen LogP contribution in [0.2, 0.25) is 0 Å². The van der Waals surface area contributed by atoms with E-state index in [1.165, 1.54) is 17.1 Å². The van der Waals surface area contributed by atoms with Crippen molar-refractivity contribution in [3.05, 3.63) is 49.8 Å². The van der Waals surface area contributed by atoms with Crippen LogP contribution >= 0.6 is 11.3 Å². The van der Waals surface area contributed by atoms with Crippen LogP contribution in [-0.2, 0) is 6.54 Å². The highest BCUT2D eigenvalue weighted by Crippen LogP contribution is 2.19. The van der Waals surface area contributed by atoms with E-state index in [9.17, 15) is 9.59 Å². The molecule has 0 aromatic carbocycles. The minimum atomic E-state index is -0.194. The van der Waals surface area contributed by atoms with Crippen molar-refractivity contribution in [2.45, 2.75) is 20.4 Å². The minimum Gasteiger partial charge on any atom is -0.336 e. The lowest BCUT2D eigenvalue weighted by molar-refractivity contribution is 0.0628. The topological polar surface area (TPSA) is 69.3 Å². The lowest BCUT2D eigenvalue weighted by Crippen LogP contribution is -2.48. The molecule has 0 atom stereocenters. The molecule has 6 nitrogen and oxygen atoms in total. The number of aromatic nitrogens is 2. The quantitative estimate of drug-likeness (QED) is 0.923. The van der Waals surface area contributed by atoms with Gasteiger partial charge >= 0.3 is 0 Å². The predicted molar refractivity (Wildman–Crippen MR) is 89.8 cm³/mol. The van der Waals surface area contributed by atoms with Gasteiger partial charge in [0.2, 0.25) is 5.56 Å². The van der Waals surface area contributed by atoms with E-state index in [0.717, 1.165) is 30.3 Å². The number of hydrogen-bond acceptors (Lipinski definition) is 5. The zero-order chi connectivity index (χ0) is 16.4. The van der Waals surface area contributed by atoms with Gasteiger partial charge in [-0.2, -0.15) is 0 Å². The molecule has 0 aliphatic carbocycles. The Bertz CT molecular complexity index is 720. The molecule has 0 saturated carbocycles. The number of amides is 1. The van der Waals surface area contributed by atoms with Gasteiger partial charge in [0.05, 0.1) is 17.8 Å². The number of nitrogens with zero attached hydrogens (tertiary/aromatic N) is 3. The highest BCUT2D eigenvalue weighted by molar-refractivity contribution is 7.11. The number of aromatic amines is 1. The molecule has 23 heavy (non-hydrogen) atoms. The van der Waals surface area contributed by atoms with Crippen LogP contribution < -0.4 is 5.56 Å². The summed E-state index contributed by atoms with van der Waals surface area (Å²) < 4.78 is 0. The van der Waals surface area contributed by atoms with Crippen molar-refractivity contribution in [3.8, 4) is 0 Å². The third kappa shape index (κ3) is 3.68. The fourth-order valence-electron chi connectivity index (χ4n) is 2.63. The van der Waals surface area contributed by atoms with Crippen LogP contribution in [0.25, 0.3) is 0 Å². The van der Waals surface area contributed by atoms with E-state index in [0.29, 0.717) is 18.7 Å². The number of thiazole rings is 1. The highest BCUT2D eigenvalue weighted by atomic mass is 32.1. The van der Waals surface area contributed by atoms with Gasteiger partial charge in [0.25, 0.3) is 5.91 Å². The Morgan fingerprint density at radius 3 is 2.57 bits per heavy atom. The van der Waals surface area contributed by atoms with Gasteiger partial charge in [0.1, 0.15) is 5.01 Å². The van der Waals surface area contributed by atoms with E-state index in [4.69, 9.17) is 0 Å². The van der Waals surface area contributed by atoms with Crippen molar-refractivity contribution in [1.82, 2.24) is 19.8 Å². The molecule has 0 radical (unpaired) electrons. The number of H-pyrrole nitrogens is 1. The summed E-state index contributed by atoms with van der Waals surface area (Å²) in [5, 5.41) is 1.14. The van der Waals surface area contributed by atoms with E-state index in [1.54, 1.807) is 17.4 Å². The Kier molecular flexibility index (Phi) is 4.58. The van der Waals surface area contributed by atoms with Crippen LogP contribution in [0.4, 0.5) is 0 Å². The molecule has 1 saturated heterocycles. The van der Waals surface area contributed by atoms with Gasteiger partial charge in [-0.3, -0.25) is 14.5 Å². The maximum absolute atomic E-state index is 12.4. The number of carbonyl (C=O) groups excluding carboxylic acids is 1. The van der Waals surface area contributed by atoms with Crippen LogP contribution in [0.5, 0.6) is 0 Å². The molecule has 7 heteroatoms. The molecule has 0 bridgehead atoms. The van der Waals surface area contributed by atoms with Crippen molar-refractivity contribution >= 4 is 17.2 Å². The summed E-state index contributed by atoms with van der Waals surface area (Å²) in [6, 6.07) is 2.96. The first-order valence-corrected chi connectivity index (χ1v) is 8.48. The summed E-state index contributed by atoms with van der Waals surface area (Å²) in [5.41, 5.74) is 1.45. The highest BCUT2D eigenvalue weighted by Gasteiger charge is 2.22. The molecule has 0 spiro atoms. The van der Waals surface area contributed by atoms with Crippen molar-refractivity contribution in [2.24, 2.45) is 0 Å². The van der Waals surface area contributed by atoms with Gasteiger partial charge in [-0.15, -0.1) is 11.3 Å². The number of hydrogen-bond donors (Lipinski definition) is 1. The first-order chi connectivity index (χ1) is 11.0. The second-order valence-electron chi connectivity index (χ2n) is 5.76. The predicted octanol–water partition coefficient (Wildman–Crippen LogP) is 1.41. The van der Waals surface area contributed by atoms with Gasteiger partial charge in [0, 0.05) is 43.3 Å². The minimum absolute atomic E-state index is 0.0261. The number of pyridine rings is 1. The molecule has 2 aromatic rings. The lowest BCUT2D eigenvalue weighted by atomic mass is 10.2. The van der Waals surface area contributed by atoms with E-state index in [2.05, 4.69) is 21.8 Å². The number of rotatable bonds is 3. The molecule has 1 N–H and O–H groups in total. The Labute approximate surface area is 138 Å². The molecule has 0 unspecified atom stereocenters. The van der Waals surface area contributed by atoms with E-state index in [1.807, 2.05) is 11.8 Å². The largest absolute Gasteiger partial charge is 0.336 e. The van der Waals surface area contributed by atoms with Crippen molar-refractivity contribution < 1.29 is 4.79 Å². The Balaban J connectivity index is 1.56. The molecule has 3 heterocycles. The Morgan fingerprint density at radius 1 is 1.26 bits per heavy atom. The number of piperazine rings is 1. The summed E-state index contributed by atoms with van der Waals surface area (Å²) in [6.45, 7) is 8.05. The zero-order valence-electron chi connectivity index (χ0n) is 13.3. The summed E-state index contributed by atoms with van der Waals surface area (Å²) in [4.78, 5) is 36.0. The number of nitrogens with one attached hydrogen (secondary N) is 1. The third-order valence-corrected chi connectivity index (χ3v) is 5.18. The van der Waals surface area contributed by atoms with Crippen molar-refractivity contribution in [1.29, 1.82) is 0 Å². The summed E-state index contributed by atoms with van der Waals surface area (Å²) >= 11 is 1.75. The van der Waals surface area contributed by atoms with Gasteiger partial charge < -0.3 is 9.88 Å². The van der Waals surface area contributed by atoms with Crippen molar-refractivity contribution in [2.75, 3.05) is 26.2 Å². The third-order valence-electron chi connectivity index (χ3n) is 4.12. The SMILES string of the molecule is Cc1nc(CN2CCN(C(=O)c3ccc(=O)[nH]c3)CC2)sc1C. The fourth-order valence-corrected chi connectivity index (χ4v) is 3.61. The van der Waals surface area contributed by atoms with Gasteiger partial charge in [-0.25, -0.2) is 4.98 Å². The average Bonchev–Trinajstić information content (AvgIpc) is 2.86. The Hall–Kier alpha value is -1.99. The summed E-state index contributed by atoms with van der Waals surface area (Å²) in [6.07, 6.45) is 1.48. The monoisotopic (exact) mass is 332 g/mol. The molecule has 3 rings (SSSR count). The number of aryl methyl sites for hydroxylation is 2. The molecular formula is C16H20N4O2S. The van der Waals surface area contributed by atoms with Gasteiger partial charge in [0.15, 0.2) is 0 Å². The van der Waals surface area contributed by atoms with E-state index < -0.39 is 0 Å². The average molecular weight is 332 g/mol. The summed E-state index contributed by atoms with van der Waals surface area (Å²) in [7, 11) is 0. The molecule has 122 valence electrons. The molecule has 1 aliphatic heterocycles. The first-order valence-electron chi connectivity index (χ1n) is 7.66. The number of carbonyl (C=O) groups is 1. The van der Waals surface area contributed by atoms with Crippen LogP contribution in [0.15, 0.2) is 23.1 Å². The standard InChI is InChI=1S/C16H20N4O2S/c1-11-12(2)23-15(18-11)10-19-5-7-20(8-6-19)16(22)13-3-4-14(21)17-9-13/h3-4,9H,5-8,10H2,1-2H3,(H,17,21). The van der Waals surface area contributed by atoms with Crippen LogP contribution in [-0.4, -0.2) is 51.9 Å². The van der Waals surface area contributed by atoms with Crippen LogP contribution in [0, 0.1) is 13.8 Å². The Morgan fingerprint density at radius 2 is 2.00 bits per heavy atom. The second kappa shape index (κ2) is 6.64. The lowest BCUT2D eigenvalue weighted by Gasteiger charge is -2.34. The molecule has 2 aromatic heterocycles. The zero-order valence-corrected chi connectivity index (χ0v) is 14.2. The van der Waals surface area contributed by atoms with Gasteiger partial charge in [-0.05, 0) is 19.9 Å². The normalized spacial score (nSPS) is 15.8. The second-order valence-corrected chi connectivity index (χ2v) is 7.05. The maximum Gasteiger partial charge on any atom is 0.255 e. The fraction of sp³-hybridized carbons (Fsp3) is 0.438. The smallest absolute Gasteiger partial charge is 0.255 e.